The standard InChI is InChI=1S/C15H22N2O2/c1-11-6-7-13-12(10-11)14(16-19-13)15(18)17-8-4-2-3-5-9-17/h11H,2-10H2,1H3. The Bertz CT molecular complexity index is 459. The number of aryl methyl sites for hydroxylation is 1. The van der Waals surface area contributed by atoms with Crippen LogP contribution in [0.3, 0.4) is 0 Å². The number of carbonyl (C=O) groups excluding carboxylic acids is 1. The fraction of sp³-hybridized carbons (Fsp3) is 0.733. The maximum absolute atomic E-state index is 12.6. The maximum atomic E-state index is 12.6. The molecule has 19 heavy (non-hydrogen) atoms. The number of rotatable bonds is 1. The lowest BCUT2D eigenvalue weighted by atomic mass is 9.88. The minimum Gasteiger partial charge on any atom is -0.360 e. The third-order valence-electron chi connectivity index (χ3n) is 4.38. The molecule has 0 aromatic carbocycles. The number of hydrogen-bond acceptors (Lipinski definition) is 3. The van der Waals surface area contributed by atoms with Crippen molar-refractivity contribution in [2.75, 3.05) is 13.1 Å². The van der Waals surface area contributed by atoms with Crippen LogP contribution in [0, 0.1) is 5.92 Å². The molecule has 3 rings (SSSR count). The summed E-state index contributed by atoms with van der Waals surface area (Å²) in [5.74, 6) is 1.65. The van der Waals surface area contributed by atoms with Crippen LogP contribution in [-0.4, -0.2) is 29.1 Å². The average molecular weight is 262 g/mol. The summed E-state index contributed by atoms with van der Waals surface area (Å²) in [5.41, 5.74) is 1.66. The largest absolute Gasteiger partial charge is 0.360 e. The molecule has 4 nitrogen and oxygen atoms in total. The first kappa shape index (κ1) is 12.7. The van der Waals surface area contributed by atoms with E-state index in [4.69, 9.17) is 4.52 Å². The Labute approximate surface area is 114 Å². The lowest BCUT2D eigenvalue weighted by molar-refractivity contribution is 0.0750. The summed E-state index contributed by atoms with van der Waals surface area (Å²) in [4.78, 5) is 14.6. The first-order chi connectivity index (χ1) is 9.25. The Morgan fingerprint density at radius 3 is 2.74 bits per heavy atom. The van der Waals surface area contributed by atoms with Gasteiger partial charge in [0.25, 0.3) is 5.91 Å². The van der Waals surface area contributed by atoms with E-state index in [0.717, 1.165) is 56.5 Å². The van der Waals surface area contributed by atoms with Crippen molar-refractivity contribution in [1.82, 2.24) is 10.1 Å². The number of nitrogens with zero attached hydrogens (tertiary/aromatic N) is 2. The monoisotopic (exact) mass is 262 g/mol. The van der Waals surface area contributed by atoms with E-state index in [2.05, 4.69) is 12.1 Å². The van der Waals surface area contributed by atoms with Crippen LogP contribution < -0.4 is 0 Å². The second-order valence-electron chi connectivity index (χ2n) is 5.99. The molecule has 2 aliphatic rings. The van der Waals surface area contributed by atoms with Crippen molar-refractivity contribution in [1.29, 1.82) is 0 Å². The molecule has 1 saturated heterocycles. The van der Waals surface area contributed by atoms with Gasteiger partial charge >= 0.3 is 0 Å². The second-order valence-corrected chi connectivity index (χ2v) is 5.99. The molecule has 0 bridgehead atoms. The molecule has 1 unspecified atom stereocenters. The molecule has 0 radical (unpaired) electrons. The number of amides is 1. The lowest BCUT2D eigenvalue weighted by Gasteiger charge is -2.21. The average Bonchev–Trinajstić information content (AvgIpc) is 2.64. The molecule has 1 aromatic heterocycles. The van der Waals surface area contributed by atoms with Gasteiger partial charge in [-0.2, -0.15) is 0 Å². The van der Waals surface area contributed by atoms with Crippen LogP contribution in [0.5, 0.6) is 0 Å². The molecule has 1 aliphatic carbocycles. The molecule has 1 fully saturated rings. The van der Waals surface area contributed by atoms with Crippen LogP contribution in [0.2, 0.25) is 0 Å². The van der Waals surface area contributed by atoms with Crippen LogP contribution in [0.1, 0.15) is 60.8 Å². The Morgan fingerprint density at radius 1 is 1.26 bits per heavy atom. The predicted molar refractivity (Wildman–Crippen MR) is 72.1 cm³/mol. The molecule has 0 saturated carbocycles. The molecule has 0 spiro atoms. The first-order valence-electron chi connectivity index (χ1n) is 7.52. The lowest BCUT2D eigenvalue weighted by Crippen LogP contribution is -2.33. The van der Waals surface area contributed by atoms with Crippen LogP contribution in [-0.2, 0) is 12.8 Å². The number of hydrogen-bond donors (Lipinski definition) is 0. The molecule has 104 valence electrons. The topological polar surface area (TPSA) is 46.3 Å². The Hall–Kier alpha value is -1.32. The van der Waals surface area contributed by atoms with E-state index < -0.39 is 0 Å². The van der Waals surface area contributed by atoms with E-state index in [-0.39, 0.29) is 5.91 Å². The van der Waals surface area contributed by atoms with Gasteiger partial charge < -0.3 is 9.42 Å². The van der Waals surface area contributed by atoms with Crippen molar-refractivity contribution in [3.05, 3.63) is 17.0 Å². The molecule has 1 aliphatic heterocycles. The zero-order valence-electron chi connectivity index (χ0n) is 11.7. The fourth-order valence-corrected chi connectivity index (χ4v) is 3.17. The van der Waals surface area contributed by atoms with E-state index in [9.17, 15) is 4.79 Å². The first-order valence-corrected chi connectivity index (χ1v) is 7.52. The Balaban J connectivity index is 1.81. The van der Waals surface area contributed by atoms with Crippen LogP contribution in [0.4, 0.5) is 0 Å². The van der Waals surface area contributed by atoms with Gasteiger partial charge in [0.15, 0.2) is 5.69 Å². The fourth-order valence-electron chi connectivity index (χ4n) is 3.17. The zero-order valence-corrected chi connectivity index (χ0v) is 11.7. The summed E-state index contributed by atoms with van der Waals surface area (Å²) in [6.07, 6.45) is 7.70. The molecular formula is C15H22N2O2. The van der Waals surface area contributed by atoms with Crippen LogP contribution >= 0.6 is 0 Å². The summed E-state index contributed by atoms with van der Waals surface area (Å²) in [7, 11) is 0. The number of carbonyl (C=O) groups is 1. The third-order valence-corrected chi connectivity index (χ3v) is 4.38. The van der Waals surface area contributed by atoms with Crippen molar-refractivity contribution in [2.24, 2.45) is 5.92 Å². The molecule has 0 N–H and O–H groups in total. The van der Waals surface area contributed by atoms with Gasteiger partial charge in [-0.3, -0.25) is 4.79 Å². The van der Waals surface area contributed by atoms with Crippen molar-refractivity contribution >= 4 is 5.91 Å². The Morgan fingerprint density at radius 2 is 2.00 bits per heavy atom. The van der Waals surface area contributed by atoms with Gasteiger partial charge in [-0.1, -0.05) is 24.9 Å². The van der Waals surface area contributed by atoms with Gasteiger partial charge in [0.2, 0.25) is 0 Å². The van der Waals surface area contributed by atoms with Gasteiger partial charge in [-0.05, 0) is 31.6 Å². The minimum atomic E-state index is 0.0843. The third kappa shape index (κ3) is 2.53. The number of likely N-dealkylation sites (tertiary alicyclic amines) is 1. The summed E-state index contributed by atoms with van der Waals surface area (Å²) in [6, 6.07) is 0. The minimum absolute atomic E-state index is 0.0843. The summed E-state index contributed by atoms with van der Waals surface area (Å²) in [6.45, 7) is 3.97. The van der Waals surface area contributed by atoms with Gasteiger partial charge in [-0.15, -0.1) is 0 Å². The van der Waals surface area contributed by atoms with Crippen molar-refractivity contribution in [3.63, 3.8) is 0 Å². The smallest absolute Gasteiger partial charge is 0.276 e. The normalized spacial score (nSPS) is 23.8. The van der Waals surface area contributed by atoms with Crippen LogP contribution in [0.25, 0.3) is 0 Å². The Kier molecular flexibility index (Phi) is 3.58. The second kappa shape index (κ2) is 5.35. The molecule has 2 heterocycles. The van der Waals surface area contributed by atoms with Crippen LogP contribution in [0.15, 0.2) is 4.52 Å². The van der Waals surface area contributed by atoms with E-state index in [1.165, 1.54) is 12.8 Å². The number of aromatic nitrogens is 1. The van der Waals surface area contributed by atoms with Gasteiger partial charge in [0.1, 0.15) is 5.76 Å². The summed E-state index contributed by atoms with van der Waals surface area (Å²) in [5, 5.41) is 4.07. The molecular weight excluding hydrogens is 240 g/mol. The highest BCUT2D eigenvalue weighted by atomic mass is 16.5. The highest BCUT2D eigenvalue weighted by Crippen LogP contribution is 2.28. The van der Waals surface area contributed by atoms with E-state index >= 15 is 0 Å². The quantitative estimate of drug-likeness (QED) is 0.782. The van der Waals surface area contributed by atoms with Crippen molar-refractivity contribution in [3.8, 4) is 0 Å². The zero-order chi connectivity index (χ0) is 13.2. The molecule has 1 amide bonds. The highest BCUT2D eigenvalue weighted by Gasteiger charge is 2.29. The predicted octanol–water partition coefficient (Wildman–Crippen LogP) is 2.82. The van der Waals surface area contributed by atoms with Crippen molar-refractivity contribution < 1.29 is 9.32 Å². The highest BCUT2D eigenvalue weighted by molar-refractivity contribution is 5.94. The van der Waals surface area contributed by atoms with E-state index in [1.54, 1.807) is 0 Å². The van der Waals surface area contributed by atoms with Crippen molar-refractivity contribution in [2.45, 2.75) is 51.9 Å². The van der Waals surface area contributed by atoms with E-state index in [1.807, 2.05) is 4.90 Å². The summed E-state index contributed by atoms with van der Waals surface area (Å²) < 4.78 is 5.38. The summed E-state index contributed by atoms with van der Waals surface area (Å²) >= 11 is 0. The number of fused-ring (bicyclic) bond motifs is 1. The van der Waals surface area contributed by atoms with Gasteiger partial charge in [0.05, 0.1) is 0 Å². The van der Waals surface area contributed by atoms with E-state index in [0.29, 0.717) is 11.6 Å². The van der Waals surface area contributed by atoms with Gasteiger partial charge in [-0.25, -0.2) is 0 Å². The molecule has 1 aromatic rings. The maximum Gasteiger partial charge on any atom is 0.276 e. The molecule has 4 heteroatoms. The van der Waals surface area contributed by atoms with Gasteiger partial charge in [0, 0.05) is 25.1 Å². The SMILES string of the molecule is CC1CCc2onc(C(=O)N3CCCCCC3)c2C1. The molecule has 1 atom stereocenters.